The number of nitrogens with zero attached hydrogens (tertiary/aromatic N) is 3. The number of furan rings is 1. The van der Waals surface area contributed by atoms with E-state index in [1.54, 1.807) is 0 Å². The van der Waals surface area contributed by atoms with E-state index in [1.165, 1.54) is 21.8 Å². The van der Waals surface area contributed by atoms with Crippen LogP contribution in [0.3, 0.4) is 0 Å². The largest absolute Gasteiger partial charge is 0.456 e. The number of benzene rings is 7. The first kappa shape index (κ1) is 26.4. The van der Waals surface area contributed by atoms with Crippen LogP contribution in [0, 0.1) is 0 Å². The maximum atomic E-state index is 6.63. The highest BCUT2D eigenvalue weighted by Gasteiger charge is 2.21. The molecule has 11 rings (SSSR count). The Hall–Kier alpha value is -6.72. The number of nitrogens with one attached hydrogen (secondary N) is 1. The first-order chi connectivity index (χ1) is 24.3. The normalized spacial score (nSPS) is 12.1. The second-order valence-corrected chi connectivity index (χ2v) is 12.7. The second-order valence-electron chi connectivity index (χ2n) is 12.7. The minimum Gasteiger partial charge on any atom is -0.456 e. The molecule has 4 heterocycles. The third-order valence-electron chi connectivity index (χ3n) is 9.96. The molecule has 0 saturated carbocycles. The Bertz CT molecular complexity index is 3110. The molecule has 0 atom stereocenters. The molecule has 4 aromatic heterocycles. The van der Waals surface area contributed by atoms with Crippen molar-refractivity contribution in [1.82, 2.24) is 19.5 Å². The molecular weight excluding hydrogens is 601 g/mol. The number of hydrogen-bond acceptors (Lipinski definition) is 3. The number of aromatic nitrogens is 4. The predicted octanol–water partition coefficient (Wildman–Crippen LogP) is 11.6. The monoisotopic (exact) mass is 626 g/mol. The van der Waals surface area contributed by atoms with E-state index in [9.17, 15) is 0 Å². The van der Waals surface area contributed by atoms with Crippen molar-refractivity contribution >= 4 is 76.6 Å². The minimum absolute atomic E-state index is 0.807. The van der Waals surface area contributed by atoms with E-state index in [2.05, 4.69) is 131 Å². The zero-order chi connectivity index (χ0) is 32.1. The number of H-pyrrole nitrogens is 1. The summed E-state index contributed by atoms with van der Waals surface area (Å²) in [6.07, 6.45) is 1.86. The number of aromatic amines is 1. The first-order valence-corrected chi connectivity index (χ1v) is 16.5. The summed E-state index contributed by atoms with van der Waals surface area (Å²) < 4.78 is 8.99. The van der Waals surface area contributed by atoms with Gasteiger partial charge in [-0.2, -0.15) is 0 Å². The van der Waals surface area contributed by atoms with Gasteiger partial charge >= 0.3 is 0 Å². The molecule has 0 bridgehead atoms. The Morgan fingerprint density at radius 2 is 1.24 bits per heavy atom. The fourth-order valence-electron chi connectivity index (χ4n) is 7.76. The average Bonchev–Trinajstić information content (AvgIpc) is 3.83. The van der Waals surface area contributed by atoms with E-state index < -0.39 is 0 Å². The van der Waals surface area contributed by atoms with E-state index in [1.807, 2.05) is 30.5 Å². The van der Waals surface area contributed by atoms with Crippen molar-refractivity contribution < 1.29 is 4.42 Å². The molecule has 11 aromatic rings. The average molecular weight is 627 g/mol. The predicted molar refractivity (Wildman–Crippen MR) is 201 cm³/mol. The van der Waals surface area contributed by atoms with Crippen LogP contribution in [0.5, 0.6) is 0 Å². The van der Waals surface area contributed by atoms with E-state index in [0.717, 1.165) is 82.8 Å². The molecule has 5 heteroatoms. The Morgan fingerprint density at radius 3 is 2.14 bits per heavy atom. The van der Waals surface area contributed by atoms with Gasteiger partial charge in [0.05, 0.1) is 39.5 Å². The maximum absolute atomic E-state index is 6.63. The molecule has 7 aromatic carbocycles. The van der Waals surface area contributed by atoms with Gasteiger partial charge in [0.2, 0.25) is 0 Å². The van der Waals surface area contributed by atoms with Crippen LogP contribution in [0.2, 0.25) is 0 Å². The van der Waals surface area contributed by atoms with Gasteiger partial charge in [-0.15, -0.1) is 0 Å². The van der Waals surface area contributed by atoms with Gasteiger partial charge in [-0.3, -0.25) is 4.98 Å². The van der Waals surface area contributed by atoms with Gasteiger partial charge < -0.3 is 14.0 Å². The number of fused-ring (bicyclic) bond motifs is 11. The molecule has 0 fully saturated rings. The van der Waals surface area contributed by atoms with Crippen LogP contribution in [0.1, 0.15) is 0 Å². The molecule has 49 heavy (non-hydrogen) atoms. The molecule has 0 aliphatic rings. The van der Waals surface area contributed by atoms with E-state index in [4.69, 9.17) is 14.4 Å². The van der Waals surface area contributed by atoms with Crippen molar-refractivity contribution in [2.24, 2.45) is 0 Å². The molecule has 0 spiro atoms. The minimum atomic E-state index is 0.807. The Kier molecular flexibility index (Phi) is 5.32. The van der Waals surface area contributed by atoms with Gasteiger partial charge in [-0.25, -0.2) is 4.98 Å². The van der Waals surface area contributed by atoms with Crippen molar-refractivity contribution in [2.45, 2.75) is 0 Å². The molecule has 0 amide bonds. The zero-order valence-corrected chi connectivity index (χ0v) is 26.2. The lowest BCUT2D eigenvalue weighted by Gasteiger charge is -2.08. The van der Waals surface area contributed by atoms with Crippen molar-refractivity contribution in [3.63, 3.8) is 0 Å². The van der Waals surface area contributed by atoms with Crippen LogP contribution >= 0.6 is 0 Å². The van der Waals surface area contributed by atoms with E-state index in [-0.39, 0.29) is 0 Å². The number of rotatable bonds is 3. The van der Waals surface area contributed by atoms with Crippen LogP contribution in [0.25, 0.3) is 105 Å². The quantitative estimate of drug-likeness (QED) is 0.212. The van der Waals surface area contributed by atoms with Gasteiger partial charge in [-0.1, -0.05) is 78.9 Å². The standard InChI is InChI=1S/C44H26N4O/c1-2-10-28(11-3-1)48-38-17-9-5-12-29(38)31-22-26(18-20-39(31)48)27-19-21-40-33(23-27)42-41(49-40)24-32(37-25-45-35-15-7-8-16-36(35)46-37)44-43(42)30-13-4-6-14-34(30)47-44/h1-25,47H. The van der Waals surface area contributed by atoms with Gasteiger partial charge in [0, 0.05) is 49.1 Å². The Balaban J connectivity index is 1.16. The summed E-state index contributed by atoms with van der Waals surface area (Å²) in [6, 6.07) is 51.2. The van der Waals surface area contributed by atoms with Gasteiger partial charge in [0.15, 0.2) is 0 Å². The fourth-order valence-corrected chi connectivity index (χ4v) is 7.76. The van der Waals surface area contributed by atoms with Crippen molar-refractivity contribution in [2.75, 3.05) is 0 Å². The summed E-state index contributed by atoms with van der Waals surface area (Å²) in [6.45, 7) is 0. The van der Waals surface area contributed by atoms with Crippen LogP contribution in [-0.4, -0.2) is 19.5 Å². The summed E-state index contributed by atoms with van der Waals surface area (Å²) in [7, 11) is 0. The summed E-state index contributed by atoms with van der Waals surface area (Å²) in [5.41, 5.74) is 13.2. The van der Waals surface area contributed by atoms with Crippen LogP contribution in [0.15, 0.2) is 156 Å². The highest BCUT2D eigenvalue weighted by atomic mass is 16.3. The SMILES string of the molecule is c1ccc(-n2c3ccccc3c3cc(-c4ccc5oc6cc(-c7cnc8ccccc8n7)c7[nH]c8ccccc8c7c6c5c4)ccc32)cc1. The molecule has 228 valence electrons. The Morgan fingerprint density at radius 1 is 0.531 bits per heavy atom. The van der Waals surface area contributed by atoms with E-state index >= 15 is 0 Å². The number of para-hydroxylation sites is 5. The lowest BCUT2D eigenvalue weighted by molar-refractivity contribution is 0.669. The van der Waals surface area contributed by atoms with Crippen molar-refractivity contribution in [3.05, 3.63) is 152 Å². The summed E-state index contributed by atoms with van der Waals surface area (Å²) in [4.78, 5) is 13.5. The maximum Gasteiger partial charge on any atom is 0.136 e. The van der Waals surface area contributed by atoms with Gasteiger partial charge in [0.25, 0.3) is 0 Å². The molecule has 1 N–H and O–H groups in total. The lowest BCUT2D eigenvalue weighted by atomic mass is 9.97. The van der Waals surface area contributed by atoms with Gasteiger partial charge in [0.1, 0.15) is 11.2 Å². The van der Waals surface area contributed by atoms with Crippen LogP contribution < -0.4 is 0 Å². The molecule has 5 nitrogen and oxygen atoms in total. The molecule has 0 saturated heterocycles. The van der Waals surface area contributed by atoms with Crippen molar-refractivity contribution in [3.8, 4) is 28.1 Å². The highest BCUT2D eigenvalue weighted by Crippen LogP contribution is 2.44. The van der Waals surface area contributed by atoms with Crippen molar-refractivity contribution in [1.29, 1.82) is 0 Å². The molecule has 0 aliphatic carbocycles. The lowest BCUT2D eigenvalue weighted by Crippen LogP contribution is -1.92. The number of hydrogen-bond donors (Lipinski definition) is 1. The van der Waals surface area contributed by atoms with Crippen LogP contribution in [-0.2, 0) is 0 Å². The third kappa shape index (κ3) is 3.81. The highest BCUT2D eigenvalue weighted by molar-refractivity contribution is 6.29. The first-order valence-electron chi connectivity index (χ1n) is 16.5. The fraction of sp³-hybridized carbons (Fsp3) is 0. The summed E-state index contributed by atoms with van der Waals surface area (Å²) in [5.74, 6) is 0. The summed E-state index contributed by atoms with van der Waals surface area (Å²) in [5, 5.41) is 6.95. The third-order valence-corrected chi connectivity index (χ3v) is 9.96. The zero-order valence-electron chi connectivity index (χ0n) is 26.2. The van der Waals surface area contributed by atoms with Gasteiger partial charge in [-0.05, 0) is 77.9 Å². The molecular formula is C44H26N4O. The summed E-state index contributed by atoms with van der Waals surface area (Å²) >= 11 is 0. The van der Waals surface area contributed by atoms with E-state index in [0.29, 0.717) is 0 Å². The second kappa shape index (κ2) is 9.89. The molecule has 0 unspecified atom stereocenters. The molecule has 0 radical (unpaired) electrons. The molecule has 0 aliphatic heterocycles. The van der Waals surface area contributed by atoms with Crippen LogP contribution in [0.4, 0.5) is 0 Å². The smallest absolute Gasteiger partial charge is 0.136 e. The topological polar surface area (TPSA) is 59.6 Å². The Labute approximate surface area is 279 Å².